The molecule has 1 aromatic carbocycles. The van der Waals surface area contributed by atoms with Crippen LogP contribution in [0.25, 0.3) is 0 Å². The fourth-order valence-corrected chi connectivity index (χ4v) is 2.79. The van der Waals surface area contributed by atoms with Crippen LogP contribution in [0.2, 0.25) is 0 Å². The molecule has 0 bridgehead atoms. The van der Waals surface area contributed by atoms with Crippen LogP contribution in [0.3, 0.4) is 0 Å². The molecule has 0 radical (unpaired) electrons. The van der Waals surface area contributed by atoms with Crippen molar-refractivity contribution in [2.45, 2.75) is 44.7 Å². The minimum absolute atomic E-state index is 0.188. The number of rotatable bonds is 3. The van der Waals surface area contributed by atoms with E-state index in [0.717, 1.165) is 43.1 Å². The van der Waals surface area contributed by atoms with Crippen molar-refractivity contribution in [3.63, 3.8) is 0 Å². The van der Waals surface area contributed by atoms with E-state index >= 15 is 0 Å². The number of aryl methyl sites for hydroxylation is 1. The number of hydrogen-bond acceptors (Lipinski definition) is 2. The van der Waals surface area contributed by atoms with E-state index < -0.39 is 0 Å². The Morgan fingerprint density at radius 3 is 2.47 bits per heavy atom. The third-order valence-corrected chi connectivity index (χ3v) is 4.10. The van der Waals surface area contributed by atoms with E-state index in [1.807, 2.05) is 36.1 Å². The van der Waals surface area contributed by atoms with Gasteiger partial charge in [-0.15, -0.1) is 0 Å². The van der Waals surface area contributed by atoms with E-state index in [9.17, 15) is 4.79 Å². The summed E-state index contributed by atoms with van der Waals surface area (Å²) in [6, 6.07) is 9.28. The van der Waals surface area contributed by atoms with E-state index in [1.54, 1.807) is 0 Å². The monoisotopic (exact) mass is 258 g/mol. The van der Waals surface area contributed by atoms with E-state index in [-0.39, 0.29) is 5.91 Å². The first-order valence-corrected chi connectivity index (χ1v) is 7.34. The molecule has 2 aliphatic rings. The van der Waals surface area contributed by atoms with Crippen molar-refractivity contribution in [3.05, 3.63) is 35.4 Å². The van der Waals surface area contributed by atoms with Gasteiger partial charge < -0.3 is 10.2 Å². The van der Waals surface area contributed by atoms with Crippen LogP contribution in [-0.4, -0.2) is 36.0 Å². The summed E-state index contributed by atoms with van der Waals surface area (Å²) in [7, 11) is 0. The highest BCUT2D eigenvalue weighted by molar-refractivity contribution is 5.94. The zero-order chi connectivity index (χ0) is 13.2. The first-order valence-electron chi connectivity index (χ1n) is 7.34. The third kappa shape index (κ3) is 3.16. The van der Waals surface area contributed by atoms with Crippen LogP contribution in [0.5, 0.6) is 0 Å². The molecule has 1 N–H and O–H groups in total. The number of amides is 1. The molecular formula is C16H22N2O. The summed E-state index contributed by atoms with van der Waals surface area (Å²) in [6.45, 7) is 3.80. The highest BCUT2D eigenvalue weighted by Crippen LogP contribution is 2.22. The van der Waals surface area contributed by atoms with Gasteiger partial charge in [0.15, 0.2) is 0 Å². The number of nitrogens with zero attached hydrogens (tertiary/aromatic N) is 1. The first kappa shape index (κ1) is 12.7. The van der Waals surface area contributed by atoms with Crippen LogP contribution >= 0.6 is 0 Å². The Morgan fingerprint density at radius 1 is 1.16 bits per heavy atom. The maximum Gasteiger partial charge on any atom is 0.253 e. The molecule has 3 nitrogen and oxygen atoms in total. The molecule has 1 amide bonds. The molecule has 1 aliphatic carbocycles. The van der Waals surface area contributed by atoms with Gasteiger partial charge in [0.2, 0.25) is 0 Å². The zero-order valence-electron chi connectivity index (χ0n) is 11.6. The summed E-state index contributed by atoms with van der Waals surface area (Å²) in [5, 5.41) is 3.66. The maximum absolute atomic E-state index is 12.4. The third-order valence-electron chi connectivity index (χ3n) is 4.10. The fourth-order valence-electron chi connectivity index (χ4n) is 2.79. The molecule has 3 heteroatoms. The average Bonchev–Trinajstić information content (AvgIpc) is 3.23. The van der Waals surface area contributed by atoms with Crippen molar-refractivity contribution in [2.75, 3.05) is 13.1 Å². The van der Waals surface area contributed by atoms with E-state index in [1.165, 1.54) is 12.8 Å². The molecular weight excluding hydrogens is 236 g/mol. The van der Waals surface area contributed by atoms with Crippen LogP contribution in [0.15, 0.2) is 24.3 Å². The van der Waals surface area contributed by atoms with Crippen LogP contribution in [0.1, 0.15) is 41.6 Å². The lowest BCUT2D eigenvalue weighted by atomic mass is 10.0. The Labute approximate surface area is 115 Å². The van der Waals surface area contributed by atoms with E-state index in [4.69, 9.17) is 0 Å². The lowest BCUT2D eigenvalue weighted by molar-refractivity contribution is 0.0705. The molecule has 0 spiro atoms. The van der Waals surface area contributed by atoms with Crippen molar-refractivity contribution in [1.82, 2.24) is 10.2 Å². The molecule has 0 atom stereocenters. The van der Waals surface area contributed by atoms with Crippen molar-refractivity contribution >= 4 is 5.91 Å². The smallest absolute Gasteiger partial charge is 0.253 e. The summed E-state index contributed by atoms with van der Waals surface area (Å²) in [5.41, 5.74) is 1.98. The molecule has 19 heavy (non-hydrogen) atoms. The number of piperidine rings is 1. The van der Waals surface area contributed by atoms with Crippen molar-refractivity contribution in [1.29, 1.82) is 0 Å². The van der Waals surface area contributed by atoms with Gasteiger partial charge in [-0.25, -0.2) is 0 Å². The SMILES string of the molecule is Cc1cccc(C(=O)N2CCC(NC3CC3)CC2)c1. The number of carbonyl (C=O) groups is 1. The summed E-state index contributed by atoms with van der Waals surface area (Å²) in [5.74, 6) is 0.188. The predicted octanol–water partition coefficient (Wildman–Crippen LogP) is 2.35. The van der Waals surface area contributed by atoms with Gasteiger partial charge in [-0.3, -0.25) is 4.79 Å². The lowest BCUT2D eigenvalue weighted by Gasteiger charge is -2.32. The quantitative estimate of drug-likeness (QED) is 0.902. The van der Waals surface area contributed by atoms with Crippen LogP contribution < -0.4 is 5.32 Å². The lowest BCUT2D eigenvalue weighted by Crippen LogP contribution is -2.45. The van der Waals surface area contributed by atoms with Gasteiger partial charge in [0.05, 0.1) is 0 Å². The number of carbonyl (C=O) groups excluding carboxylic acids is 1. The Kier molecular flexibility index (Phi) is 3.56. The van der Waals surface area contributed by atoms with Crippen LogP contribution in [0.4, 0.5) is 0 Å². The highest BCUT2D eigenvalue weighted by atomic mass is 16.2. The molecule has 1 aromatic rings. The molecule has 1 aliphatic heterocycles. The van der Waals surface area contributed by atoms with Gasteiger partial charge in [0, 0.05) is 30.7 Å². The molecule has 1 heterocycles. The van der Waals surface area contributed by atoms with Crippen molar-refractivity contribution in [2.24, 2.45) is 0 Å². The topological polar surface area (TPSA) is 32.3 Å². The normalized spacial score (nSPS) is 20.6. The molecule has 102 valence electrons. The molecule has 0 unspecified atom stereocenters. The standard InChI is InChI=1S/C16H22N2O/c1-12-3-2-4-13(11-12)16(19)18-9-7-15(8-10-18)17-14-5-6-14/h2-4,11,14-15,17H,5-10H2,1H3. The van der Waals surface area contributed by atoms with Gasteiger partial charge in [-0.05, 0) is 44.7 Å². The molecule has 2 fully saturated rings. The fraction of sp³-hybridized carbons (Fsp3) is 0.562. The highest BCUT2D eigenvalue weighted by Gasteiger charge is 2.28. The number of hydrogen-bond donors (Lipinski definition) is 1. The number of benzene rings is 1. The van der Waals surface area contributed by atoms with Crippen LogP contribution in [-0.2, 0) is 0 Å². The van der Waals surface area contributed by atoms with Gasteiger partial charge in [-0.2, -0.15) is 0 Å². The number of nitrogens with one attached hydrogen (secondary N) is 1. The second kappa shape index (κ2) is 5.33. The average molecular weight is 258 g/mol. The second-order valence-electron chi connectivity index (χ2n) is 5.88. The van der Waals surface area contributed by atoms with E-state index in [2.05, 4.69) is 5.32 Å². The van der Waals surface area contributed by atoms with Crippen molar-refractivity contribution in [3.8, 4) is 0 Å². The minimum Gasteiger partial charge on any atom is -0.339 e. The van der Waals surface area contributed by atoms with Gasteiger partial charge in [0.25, 0.3) is 5.91 Å². The summed E-state index contributed by atoms with van der Waals surface area (Å²) >= 11 is 0. The van der Waals surface area contributed by atoms with Crippen molar-refractivity contribution < 1.29 is 4.79 Å². The number of likely N-dealkylation sites (tertiary alicyclic amines) is 1. The van der Waals surface area contributed by atoms with Gasteiger partial charge in [0.1, 0.15) is 0 Å². The Bertz CT molecular complexity index is 460. The largest absolute Gasteiger partial charge is 0.339 e. The Hall–Kier alpha value is -1.35. The summed E-state index contributed by atoms with van der Waals surface area (Å²) in [4.78, 5) is 14.4. The second-order valence-corrected chi connectivity index (χ2v) is 5.88. The van der Waals surface area contributed by atoms with Gasteiger partial charge in [-0.1, -0.05) is 17.7 Å². The molecule has 1 saturated carbocycles. The summed E-state index contributed by atoms with van der Waals surface area (Å²) < 4.78 is 0. The molecule has 1 saturated heterocycles. The molecule has 0 aromatic heterocycles. The maximum atomic E-state index is 12.4. The summed E-state index contributed by atoms with van der Waals surface area (Å²) in [6.07, 6.45) is 4.85. The predicted molar refractivity (Wildman–Crippen MR) is 76.3 cm³/mol. The van der Waals surface area contributed by atoms with E-state index in [0.29, 0.717) is 6.04 Å². The Balaban J connectivity index is 1.56. The molecule has 3 rings (SSSR count). The zero-order valence-corrected chi connectivity index (χ0v) is 11.6. The Morgan fingerprint density at radius 2 is 1.84 bits per heavy atom. The minimum atomic E-state index is 0.188. The van der Waals surface area contributed by atoms with Crippen LogP contribution in [0, 0.1) is 6.92 Å². The van der Waals surface area contributed by atoms with Gasteiger partial charge >= 0.3 is 0 Å². The first-order chi connectivity index (χ1) is 9.22.